The van der Waals surface area contributed by atoms with Crippen molar-refractivity contribution in [2.24, 2.45) is 5.84 Å². The monoisotopic (exact) mass is 247 g/mol. The van der Waals surface area contributed by atoms with Crippen LogP contribution < -0.4 is 5.84 Å². The van der Waals surface area contributed by atoms with E-state index in [9.17, 15) is 4.79 Å². The highest BCUT2D eigenvalue weighted by Crippen LogP contribution is 2.07. The fourth-order valence-electron chi connectivity index (χ4n) is 1.44. The fraction of sp³-hybridized carbons (Fsp3) is 0.167. The van der Waals surface area contributed by atoms with Gasteiger partial charge in [0.05, 0.1) is 13.0 Å². The number of nitrogens with two attached hydrogens (primary N) is 1. The van der Waals surface area contributed by atoms with Crippen molar-refractivity contribution in [3.8, 4) is 0 Å². The molecule has 0 bridgehead atoms. The number of hydrogen-bond donors (Lipinski definition) is 1. The third-order valence-electron chi connectivity index (χ3n) is 2.30. The van der Waals surface area contributed by atoms with Crippen LogP contribution in [0.25, 0.3) is 0 Å². The zero-order valence-electron chi connectivity index (χ0n) is 9.24. The number of nitrogens with zero attached hydrogens (tertiary/aromatic N) is 2. The molecule has 1 aromatic heterocycles. The molecule has 1 heterocycles. The van der Waals surface area contributed by atoms with E-state index < -0.39 is 0 Å². The van der Waals surface area contributed by atoms with Crippen molar-refractivity contribution < 1.29 is 4.79 Å². The largest absolute Gasteiger partial charge is 0.276 e. The van der Waals surface area contributed by atoms with E-state index in [1.165, 1.54) is 16.3 Å². The first-order chi connectivity index (χ1) is 8.25. The summed E-state index contributed by atoms with van der Waals surface area (Å²) in [6.45, 7) is 0.422. The van der Waals surface area contributed by atoms with Crippen molar-refractivity contribution in [2.45, 2.75) is 13.0 Å². The van der Waals surface area contributed by atoms with Gasteiger partial charge >= 0.3 is 0 Å². The number of benzene rings is 1. The molecule has 4 nitrogen and oxygen atoms in total. The van der Waals surface area contributed by atoms with E-state index in [-0.39, 0.29) is 12.3 Å². The Bertz CT molecular complexity index is 470. The summed E-state index contributed by atoms with van der Waals surface area (Å²) in [6.07, 6.45) is 1.95. The molecule has 1 amide bonds. The van der Waals surface area contributed by atoms with Crippen molar-refractivity contribution in [3.63, 3.8) is 0 Å². The Morgan fingerprint density at radius 1 is 1.35 bits per heavy atom. The van der Waals surface area contributed by atoms with Crippen LogP contribution >= 0.6 is 11.3 Å². The van der Waals surface area contributed by atoms with Crippen LogP contribution in [0.3, 0.4) is 0 Å². The molecular formula is C12H13N3OS. The predicted octanol–water partition coefficient (Wildman–Crippen LogP) is 1.59. The van der Waals surface area contributed by atoms with Crippen LogP contribution in [-0.2, 0) is 17.8 Å². The maximum absolute atomic E-state index is 11.8. The SMILES string of the molecule is NN(Cc1ccccc1)C(=O)Cc1nccs1. The summed E-state index contributed by atoms with van der Waals surface area (Å²) in [5.74, 6) is 5.60. The van der Waals surface area contributed by atoms with Gasteiger partial charge in [-0.25, -0.2) is 10.8 Å². The van der Waals surface area contributed by atoms with E-state index in [4.69, 9.17) is 5.84 Å². The second kappa shape index (κ2) is 5.56. The number of carbonyl (C=O) groups excluding carboxylic acids is 1. The maximum Gasteiger partial charge on any atom is 0.243 e. The molecule has 0 aliphatic heterocycles. The number of amides is 1. The second-order valence-electron chi connectivity index (χ2n) is 3.61. The van der Waals surface area contributed by atoms with Gasteiger partial charge in [0, 0.05) is 11.6 Å². The van der Waals surface area contributed by atoms with Gasteiger partial charge in [0.15, 0.2) is 0 Å². The summed E-state index contributed by atoms with van der Waals surface area (Å²) in [4.78, 5) is 15.8. The van der Waals surface area contributed by atoms with Gasteiger partial charge in [-0.3, -0.25) is 9.80 Å². The third kappa shape index (κ3) is 3.37. The molecule has 0 radical (unpaired) electrons. The zero-order chi connectivity index (χ0) is 12.1. The Hall–Kier alpha value is -1.72. The first kappa shape index (κ1) is 11.8. The molecular weight excluding hydrogens is 234 g/mol. The highest BCUT2D eigenvalue weighted by molar-refractivity contribution is 7.09. The minimum Gasteiger partial charge on any atom is -0.276 e. The quantitative estimate of drug-likeness (QED) is 0.507. The van der Waals surface area contributed by atoms with Gasteiger partial charge in [-0.05, 0) is 5.56 Å². The average Bonchev–Trinajstić information content (AvgIpc) is 2.83. The zero-order valence-corrected chi connectivity index (χ0v) is 10.1. The van der Waals surface area contributed by atoms with Gasteiger partial charge in [-0.1, -0.05) is 30.3 Å². The molecule has 2 aromatic rings. The Kier molecular flexibility index (Phi) is 3.85. The van der Waals surface area contributed by atoms with Crippen LogP contribution in [0.1, 0.15) is 10.6 Å². The Morgan fingerprint density at radius 2 is 2.12 bits per heavy atom. The summed E-state index contributed by atoms with van der Waals surface area (Å²) in [5, 5.41) is 3.87. The van der Waals surface area contributed by atoms with E-state index >= 15 is 0 Å². The van der Waals surface area contributed by atoms with Crippen molar-refractivity contribution in [1.29, 1.82) is 0 Å². The second-order valence-corrected chi connectivity index (χ2v) is 4.59. The van der Waals surface area contributed by atoms with E-state index in [0.29, 0.717) is 6.54 Å². The standard InChI is InChI=1S/C12H13N3OS/c13-15(9-10-4-2-1-3-5-10)12(16)8-11-14-6-7-17-11/h1-7H,8-9,13H2. The summed E-state index contributed by atoms with van der Waals surface area (Å²) in [7, 11) is 0. The van der Waals surface area contributed by atoms with Crippen LogP contribution in [0.5, 0.6) is 0 Å². The number of hydrazine groups is 1. The lowest BCUT2D eigenvalue weighted by Crippen LogP contribution is -2.37. The molecule has 0 unspecified atom stereocenters. The van der Waals surface area contributed by atoms with Gasteiger partial charge in [0.1, 0.15) is 5.01 Å². The summed E-state index contributed by atoms with van der Waals surface area (Å²) >= 11 is 1.46. The van der Waals surface area contributed by atoms with Crippen molar-refractivity contribution in [2.75, 3.05) is 0 Å². The van der Waals surface area contributed by atoms with Crippen LogP contribution in [0, 0.1) is 0 Å². The van der Waals surface area contributed by atoms with Gasteiger partial charge in [0.25, 0.3) is 0 Å². The molecule has 0 aliphatic rings. The molecule has 5 heteroatoms. The normalized spacial score (nSPS) is 10.2. The van der Waals surface area contributed by atoms with Crippen molar-refractivity contribution in [1.82, 2.24) is 9.99 Å². The lowest BCUT2D eigenvalue weighted by atomic mass is 10.2. The summed E-state index contributed by atoms with van der Waals surface area (Å²) < 4.78 is 0. The molecule has 17 heavy (non-hydrogen) atoms. The minimum atomic E-state index is -0.121. The van der Waals surface area contributed by atoms with E-state index in [2.05, 4.69) is 4.98 Å². The van der Waals surface area contributed by atoms with Crippen LogP contribution in [-0.4, -0.2) is 15.9 Å². The number of rotatable bonds is 4. The molecule has 0 saturated heterocycles. The van der Waals surface area contributed by atoms with Gasteiger partial charge in [0.2, 0.25) is 5.91 Å². The number of aromatic nitrogens is 1. The first-order valence-electron chi connectivity index (χ1n) is 5.23. The van der Waals surface area contributed by atoms with Gasteiger partial charge < -0.3 is 0 Å². The summed E-state index contributed by atoms with van der Waals surface area (Å²) in [6, 6.07) is 9.66. The molecule has 2 rings (SSSR count). The van der Waals surface area contributed by atoms with Crippen LogP contribution in [0.15, 0.2) is 41.9 Å². The maximum atomic E-state index is 11.8. The summed E-state index contributed by atoms with van der Waals surface area (Å²) in [5.41, 5.74) is 1.02. The molecule has 1 aromatic carbocycles. The van der Waals surface area contributed by atoms with Crippen LogP contribution in [0.4, 0.5) is 0 Å². The smallest absolute Gasteiger partial charge is 0.243 e. The topological polar surface area (TPSA) is 59.2 Å². The number of carbonyl (C=O) groups is 1. The Morgan fingerprint density at radius 3 is 2.76 bits per heavy atom. The Labute approximate surface area is 104 Å². The molecule has 88 valence electrons. The number of hydrogen-bond acceptors (Lipinski definition) is 4. The molecule has 0 fully saturated rings. The number of thiazole rings is 1. The van der Waals surface area contributed by atoms with E-state index in [1.54, 1.807) is 6.20 Å². The molecule has 0 aliphatic carbocycles. The lowest BCUT2D eigenvalue weighted by Gasteiger charge is -2.15. The molecule has 2 N–H and O–H groups in total. The van der Waals surface area contributed by atoms with Gasteiger partial charge in [-0.15, -0.1) is 11.3 Å². The first-order valence-corrected chi connectivity index (χ1v) is 6.11. The van der Waals surface area contributed by atoms with E-state index in [0.717, 1.165) is 10.6 Å². The highest BCUT2D eigenvalue weighted by atomic mass is 32.1. The van der Waals surface area contributed by atoms with Crippen molar-refractivity contribution in [3.05, 3.63) is 52.5 Å². The van der Waals surface area contributed by atoms with E-state index in [1.807, 2.05) is 35.7 Å². The minimum absolute atomic E-state index is 0.121. The van der Waals surface area contributed by atoms with Crippen LogP contribution in [0.2, 0.25) is 0 Å². The lowest BCUT2D eigenvalue weighted by molar-refractivity contribution is -0.131. The highest BCUT2D eigenvalue weighted by Gasteiger charge is 2.11. The van der Waals surface area contributed by atoms with Gasteiger partial charge in [-0.2, -0.15) is 0 Å². The van der Waals surface area contributed by atoms with Crippen molar-refractivity contribution >= 4 is 17.2 Å². The molecule has 0 saturated carbocycles. The average molecular weight is 247 g/mol. The molecule has 0 spiro atoms. The molecule has 0 atom stereocenters. The predicted molar refractivity (Wildman–Crippen MR) is 67.0 cm³/mol. The fourth-order valence-corrected chi connectivity index (χ4v) is 2.05. The third-order valence-corrected chi connectivity index (χ3v) is 3.08. The Balaban J connectivity index is 1.92.